The molecule has 0 spiro atoms. The lowest BCUT2D eigenvalue weighted by Gasteiger charge is -2.22. The van der Waals surface area contributed by atoms with Crippen molar-refractivity contribution in [2.24, 2.45) is 35.5 Å². The Labute approximate surface area is 298 Å². The molecule has 0 rings (SSSR count). The van der Waals surface area contributed by atoms with Crippen molar-refractivity contribution in [3.05, 3.63) is 0 Å². The highest BCUT2D eigenvalue weighted by Crippen LogP contribution is 2.26. The van der Waals surface area contributed by atoms with Crippen LogP contribution in [0.1, 0.15) is 158 Å². The SMILES string of the molecule is CC(C)CCC(CCC(=O)OCCCCCCOCC(CN(C)C)OCCCCCCOC(=O)CCC(CCC(C)C)C(C)C)C(C)C. The molecule has 0 fully saturated rings. The zero-order chi connectivity index (χ0) is 36.2. The number of carbonyl (C=O) groups is 2. The van der Waals surface area contributed by atoms with Crippen LogP contribution in [-0.4, -0.2) is 76.6 Å². The molecule has 0 aromatic rings. The summed E-state index contributed by atoms with van der Waals surface area (Å²) in [7, 11) is 4.13. The second-order valence-electron chi connectivity index (χ2n) is 16.1. The Morgan fingerprint density at radius 2 is 0.938 bits per heavy atom. The average molecular weight is 684 g/mol. The molecule has 7 heteroatoms. The summed E-state index contributed by atoms with van der Waals surface area (Å²) in [5.74, 6) is 3.78. The molecule has 0 bridgehead atoms. The van der Waals surface area contributed by atoms with Crippen molar-refractivity contribution in [3.63, 3.8) is 0 Å². The summed E-state index contributed by atoms with van der Waals surface area (Å²) in [6.45, 7) is 22.1. The maximum absolute atomic E-state index is 12.2. The van der Waals surface area contributed by atoms with Gasteiger partial charge in [0.2, 0.25) is 0 Å². The minimum atomic E-state index is -0.0426. The van der Waals surface area contributed by atoms with E-state index in [9.17, 15) is 9.59 Å². The normalized spacial score (nSPS) is 14.0. The summed E-state index contributed by atoms with van der Waals surface area (Å²) >= 11 is 0. The molecule has 0 N–H and O–H groups in total. The molecule has 3 atom stereocenters. The molecule has 0 aliphatic rings. The number of esters is 2. The van der Waals surface area contributed by atoms with Crippen LogP contribution in [0, 0.1) is 35.5 Å². The van der Waals surface area contributed by atoms with Crippen molar-refractivity contribution < 1.29 is 28.5 Å². The second-order valence-corrected chi connectivity index (χ2v) is 16.1. The maximum Gasteiger partial charge on any atom is 0.305 e. The van der Waals surface area contributed by atoms with Crippen LogP contribution in [0.5, 0.6) is 0 Å². The Morgan fingerprint density at radius 1 is 0.521 bits per heavy atom. The first-order valence-electron chi connectivity index (χ1n) is 20.0. The Morgan fingerprint density at radius 3 is 1.33 bits per heavy atom. The van der Waals surface area contributed by atoms with Crippen molar-refractivity contribution >= 4 is 11.9 Å². The van der Waals surface area contributed by atoms with Gasteiger partial charge in [-0.25, -0.2) is 0 Å². The first-order chi connectivity index (χ1) is 22.8. The maximum atomic E-state index is 12.2. The standard InChI is InChI=1S/C41H81NO6/c1-33(2)19-21-37(35(5)6)23-25-40(43)47-29-17-12-11-15-27-45-32-39(31-42(9)10)46-28-16-13-14-18-30-48-41(44)26-24-38(36(7)8)22-20-34(3)4/h33-39H,11-32H2,1-10H3. The number of hydrogen-bond donors (Lipinski definition) is 0. The molecule has 286 valence electrons. The van der Waals surface area contributed by atoms with E-state index in [1.165, 1.54) is 25.7 Å². The van der Waals surface area contributed by atoms with Crippen LogP contribution in [0.2, 0.25) is 0 Å². The molecule has 48 heavy (non-hydrogen) atoms. The fourth-order valence-electron chi connectivity index (χ4n) is 6.08. The molecular weight excluding hydrogens is 602 g/mol. The lowest BCUT2D eigenvalue weighted by atomic mass is 9.85. The number of likely N-dealkylation sites (N-methyl/N-ethyl adjacent to an activating group) is 1. The summed E-state index contributed by atoms with van der Waals surface area (Å²) in [5.41, 5.74) is 0. The van der Waals surface area contributed by atoms with E-state index in [1.54, 1.807) is 0 Å². The van der Waals surface area contributed by atoms with E-state index in [1.807, 2.05) is 0 Å². The van der Waals surface area contributed by atoms with Gasteiger partial charge in [-0.2, -0.15) is 0 Å². The van der Waals surface area contributed by atoms with Gasteiger partial charge in [0.05, 0.1) is 25.9 Å². The van der Waals surface area contributed by atoms with E-state index in [0.29, 0.717) is 68.2 Å². The summed E-state index contributed by atoms with van der Waals surface area (Å²) in [6.07, 6.45) is 16.0. The minimum absolute atomic E-state index is 0.0423. The molecule has 0 heterocycles. The van der Waals surface area contributed by atoms with E-state index in [2.05, 4.69) is 74.4 Å². The third-order valence-corrected chi connectivity index (χ3v) is 9.53. The molecule has 7 nitrogen and oxygen atoms in total. The molecule has 0 aliphatic carbocycles. The Kier molecular flexibility index (Phi) is 29.9. The van der Waals surface area contributed by atoms with Crippen LogP contribution < -0.4 is 0 Å². The third kappa shape index (κ3) is 29.7. The second kappa shape index (κ2) is 30.6. The fourth-order valence-corrected chi connectivity index (χ4v) is 6.08. The van der Waals surface area contributed by atoms with Gasteiger partial charge >= 0.3 is 11.9 Å². The molecule has 0 saturated carbocycles. The number of nitrogens with zero attached hydrogens (tertiary/aromatic N) is 1. The topological polar surface area (TPSA) is 74.3 Å². The predicted molar refractivity (Wildman–Crippen MR) is 201 cm³/mol. The third-order valence-electron chi connectivity index (χ3n) is 9.53. The highest BCUT2D eigenvalue weighted by molar-refractivity contribution is 5.69. The molecule has 0 amide bonds. The van der Waals surface area contributed by atoms with E-state index in [-0.39, 0.29) is 18.0 Å². The highest BCUT2D eigenvalue weighted by atomic mass is 16.5. The van der Waals surface area contributed by atoms with Crippen LogP contribution in [0.3, 0.4) is 0 Å². The quantitative estimate of drug-likeness (QED) is 0.0503. The van der Waals surface area contributed by atoms with Crippen LogP contribution in [0.4, 0.5) is 0 Å². The van der Waals surface area contributed by atoms with Gasteiger partial charge in [-0.15, -0.1) is 0 Å². The molecule has 3 unspecified atom stereocenters. The predicted octanol–water partition coefficient (Wildman–Crippen LogP) is 10.1. The monoisotopic (exact) mass is 684 g/mol. The van der Waals surface area contributed by atoms with E-state index in [0.717, 1.165) is 84.0 Å². The zero-order valence-electron chi connectivity index (χ0n) is 33.5. The molecule has 0 aromatic carbocycles. The van der Waals surface area contributed by atoms with Crippen molar-refractivity contribution in [2.45, 2.75) is 164 Å². The van der Waals surface area contributed by atoms with Crippen molar-refractivity contribution in [1.82, 2.24) is 4.90 Å². The summed E-state index contributed by atoms with van der Waals surface area (Å²) < 4.78 is 23.1. The first kappa shape index (κ1) is 46.8. The van der Waals surface area contributed by atoms with Crippen molar-refractivity contribution in [3.8, 4) is 0 Å². The van der Waals surface area contributed by atoms with Crippen LogP contribution in [-0.2, 0) is 28.5 Å². The van der Waals surface area contributed by atoms with Crippen molar-refractivity contribution in [2.75, 3.05) is 53.7 Å². The van der Waals surface area contributed by atoms with E-state index >= 15 is 0 Å². The number of unbranched alkanes of at least 4 members (excludes halogenated alkanes) is 6. The van der Waals surface area contributed by atoms with Gasteiger partial charge in [0.1, 0.15) is 0 Å². The van der Waals surface area contributed by atoms with Crippen LogP contribution >= 0.6 is 0 Å². The lowest BCUT2D eigenvalue weighted by molar-refractivity contribution is -0.145. The highest BCUT2D eigenvalue weighted by Gasteiger charge is 2.18. The van der Waals surface area contributed by atoms with Gasteiger partial charge in [0, 0.05) is 32.6 Å². The minimum Gasteiger partial charge on any atom is -0.466 e. The smallest absolute Gasteiger partial charge is 0.305 e. The van der Waals surface area contributed by atoms with E-state index < -0.39 is 0 Å². The van der Waals surface area contributed by atoms with Gasteiger partial charge in [-0.3, -0.25) is 9.59 Å². The van der Waals surface area contributed by atoms with Crippen LogP contribution in [0.25, 0.3) is 0 Å². The number of rotatable bonds is 33. The number of carbonyl (C=O) groups excluding carboxylic acids is 2. The Balaban J connectivity index is 3.90. The van der Waals surface area contributed by atoms with E-state index in [4.69, 9.17) is 18.9 Å². The molecule has 0 saturated heterocycles. The summed E-state index contributed by atoms with van der Waals surface area (Å²) in [4.78, 5) is 26.6. The molecule has 0 aliphatic heterocycles. The first-order valence-corrected chi connectivity index (χ1v) is 20.0. The van der Waals surface area contributed by atoms with Crippen molar-refractivity contribution in [1.29, 1.82) is 0 Å². The van der Waals surface area contributed by atoms with Gasteiger partial charge in [-0.1, -0.05) is 81.1 Å². The number of ether oxygens (including phenoxy) is 4. The molecule has 0 radical (unpaired) electrons. The number of hydrogen-bond acceptors (Lipinski definition) is 7. The lowest BCUT2D eigenvalue weighted by Crippen LogP contribution is -2.32. The zero-order valence-corrected chi connectivity index (χ0v) is 33.5. The van der Waals surface area contributed by atoms with Crippen LogP contribution in [0.15, 0.2) is 0 Å². The summed E-state index contributed by atoms with van der Waals surface area (Å²) in [6, 6.07) is 0. The van der Waals surface area contributed by atoms with Gasteiger partial charge in [-0.05, 0) is 114 Å². The molecule has 0 aromatic heterocycles. The van der Waals surface area contributed by atoms with Gasteiger partial charge in [0.15, 0.2) is 0 Å². The largest absolute Gasteiger partial charge is 0.466 e. The van der Waals surface area contributed by atoms with Gasteiger partial charge in [0.25, 0.3) is 0 Å². The van der Waals surface area contributed by atoms with Gasteiger partial charge < -0.3 is 23.8 Å². The summed E-state index contributed by atoms with van der Waals surface area (Å²) in [5, 5.41) is 0. The molecular formula is C41H81NO6. The fraction of sp³-hybridized carbons (Fsp3) is 0.951. The Bertz CT molecular complexity index is 753. The Hall–Kier alpha value is -1.18. The average Bonchev–Trinajstić information content (AvgIpc) is 3.00.